The van der Waals surface area contributed by atoms with E-state index < -0.39 is 5.82 Å². The van der Waals surface area contributed by atoms with Crippen molar-refractivity contribution in [3.63, 3.8) is 0 Å². The summed E-state index contributed by atoms with van der Waals surface area (Å²) in [7, 11) is 0. The van der Waals surface area contributed by atoms with Gasteiger partial charge in [-0.2, -0.15) is 5.10 Å². The van der Waals surface area contributed by atoms with Crippen molar-refractivity contribution in [1.29, 1.82) is 0 Å². The molecule has 1 amide bonds. The first-order valence-corrected chi connectivity index (χ1v) is 8.38. The van der Waals surface area contributed by atoms with Gasteiger partial charge in [0.1, 0.15) is 18.3 Å². The van der Waals surface area contributed by atoms with Crippen LogP contribution in [-0.2, 0) is 4.79 Å². The molecule has 2 aliphatic rings. The summed E-state index contributed by atoms with van der Waals surface area (Å²) < 4.78 is 15.5. The van der Waals surface area contributed by atoms with Gasteiger partial charge >= 0.3 is 0 Å². The topological polar surface area (TPSA) is 71.8 Å². The summed E-state index contributed by atoms with van der Waals surface area (Å²) in [6, 6.07) is 5.73. The standard InChI is InChI=1S/C17H20FN5O.ClH/c18-15-8-14(3-4-16(15)23-10-19-9-20-23)22-17(24)7-11-5-12-1-2-13(6-11)21-12;/h3-4,8-13,21H,1-2,5-7H2,(H,22,24);1H. The van der Waals surface area contributed by atoms with Gasteiger partial charge in [0, 0.05) is 24.2 Å². The molecule has 4 rings (SSSR count). The van der Waals surface area contributed by atoms with E-state index in [1.807, 2.05) is 0 Å². The summed E-state index contributed by atoms with van der Waals surface area (Å²) in [6.07, 6.45) is 7.84. The molecule has 0 spiro atoms. The molecule has 2 atom stereocenters. The summed E-state index contributed by atoms with van der Waals surface area (Å²) in [5, 5.41) is 10.3. The van der Waals surface area contributed by atoms with E-state index in [1.54, 1.807) is 12.1 Å². The number of aromatic nitrogens is 3. The average Bonchev–Trinajstić information content (AvgIpc) is 3.17. The predicted octanol–water partition coefficient (Wildman–Crippen LogP) is 2.69. The van der Waals surface area contributed by atoms with Crippen molar-refractivity contribution >= 4 is 24.0 Å². The van der Waals surface area contributed by atoms with Gasteiger partial charge in [-0.05, 0) is 49.8 Å². The molecule has 2 aliphatic heterocycles. The van der Waals surface area contributed by atoms with E-state index in [4.69, 9.17) is 0 Å². The van der Waals surface area contributed by atoms with Crippen molar-refractivity contribution in [2.24, 2.45) is 5.92 Å². The van der Waals surface area contributed by atoms with Gasteiger partial charge in [0.05, 0.1) is 0 Å². The van der Waals surface area contributed by atoms with E-state index in [-0.39, 0.29) is 18.3 Å². The molecule has 0 saturated carbocycles. The van der Waals surface area contributed by atoms with Crippen molar-refractivity contribution in [2.75, 3.05) is 5.32 Å². The van der Waals surface area contributed by atoms with Gasteiger partial charge in [-0.15, -0.1) is 12.4 Å². The summed E-state index contributed by atoms with van der Waals surface area (Å²) in [6.45, 7) is 0. The molecule has 8 heteroatoms. The zero-order valence-corrected chi connectivity index (χ0v) is 14.5. The number of nitrogens with zero attached hydrogens (tertiary/aromatic N) is 3. The second-order valence-electron chi connectivity index (χ2n) is 6.73. The average molecular weight is 366 g/mol. The first-order valence-electron chi connectivity index (χ1n) is 8.38. The molecule has 1 aromatic heterocycles. The van der Waals surface area contributed by atoms with Crippen molar-refractivity contribution in [3.8, 4) is 5.69 Å². The zero-order chi connectivity index (χ0) is 16.5. The molecule has 1 aromatic carbocycles. The molecule has 25 heavy (non-hydrogen) atoms. The van der Waals surface area contributed by atoms with E-state index in [1.165, 1.54) is 36.2 Å². The number of hydrogen-bond acceptors (Lipinski definition) is 4. The molecule has 3 heterocycles. The molecule has 2 fully saturated rings. The van der Waals surface area contributed by atoms with Gasteiger partial charge < -0.3 is 10.6 Å². The lowest BCUT2D eigenvalue weighted by molar-refractivity contribution is -0.117. The first kappa shape index (κ1) is 17.8. The number of nitrogens with one attached hydrogen (secondary N) is 2. The number of hydrogen-bond donors (Lipinski definition) is 2. The van der Waals surface area contributed by atoms with Crippen LogP contribution in [0.2, 0.25) is 0 Å². The van der Waals surface area contributed by atoms with E-state index in [2.05, 4.69) is 20.7 Å². The van der Waals surface area contributed by atoms with Crippen molar-refractivity contribution in [3.05, 3.63) is 36.7 Å². The zero-order valence-electron chi connectivity index (χ0n) is 13.7. The Balaban J connectivity index is 0.00000182. The number of carbonyl (C=O) groups is 1. The van der Waals surface area contributed by atoms with Gasteiger partial charge in [-0.1, -0.05) is 0 Å². The van der Waals surface area contributed by atoms with E-state index in [0.29, 0.717) is 35.8 Å². The number of halogens is 2. The summed E-state index contributed by atoms with van der Waals surface area (Å²) in [5.41, 5.74) is 0.777. The second kappa shape index (κ2) is 7.49. The Bertz CT molecular complexity index is 727. The summed E-state index contributed by atoms with van der Waals surface area (Å²) in [4.78, 5) is 16.1. The third kappa shape index (κ3) is 3.99. The minimum Gasteiger partial charge on any atom is -0.326 e. The highest BCUT2D eigenvalue weighted by molar-refractivity contribution is 5.91. The van der Waals surface area contributed by atoms with Gasteiger partial charge in [0.25, 0.3) is 0 Å². The molecule has 2 aromatic rings. The van der Waals surface area contributed by atoms with Crippen LogP contribution in [0.1, 0.15) is 32.1 Å². The maximum atomic E-state index is 14.2. The lowest BCUT2D eigenvalue weighted by atomic mass is 9.89. The SMILES string of the molecule is Cl.O=C(CC1CC2CCC(C1)N2)Nc1ccc(-n2cncn2)c(F)c1. The maximum Gasteiger partial charge on any atom is 0.224 e. The number of carbonyl (C=O) groups excluding carboxylic acids is 1. The number of amides is 1. The molecular weight excluding hydrogens is 345 g/mol. The van der Waals surface area contributed by atoms with E-state index in [0.717, 1.165) is 12.8 Å². The van der Waals surface area contributed by atoms with Crippen LogP contribution in [0.3, 0.4) is 0 Å². The Hall–Kier alpha value is -1.99. The maximum absolute atomic E-state index is 14.2. The van der Waals surface area contributed by atoms with Crippen LogP contribution in [0.25, 0.3) is 5.69 Å². The van der Waals surface area contributed by atoms with E-state index in [9.17, 15) is 9.18 Å². The highest BCUT2D eigenvalue weighted by atomic mass is 35.5. The third-order valence-electron chi connectivity index (χ3n) is 4.94. The van der Waals surface area contributed by atoms with E-state index >= 15 is 0 Å². The van der Waals surface area contributed by atoms with Gasteiger partial charge in [0.2, 0.25) is 5.91 Å². The second-order valence-corrected chi connectivity index (χ2v) is 6.73. The number of benzene rings is 1. The lowest BCUT2D eigenvalue weighted by Gasteiger charge is -2.28. The van der Waals surface area contributed by atoms with Crippen LogP contribution < -0.4 is 10.6 Å². The van der Waals surface area contributed by atoms with Crippen LogP contribution in [0, 0.1) is 11.7 Å². The van der Waals surface area contributed by atoms with Crippen LogP contribution in [0.4, 0.5) is 10.1 Å². The number of fused-ring (bicyclic) bond motifs is 2. The Morgan fingerprint density at radius 1 is 1.32 bits per heavy atom. The van der Waals surface area contributed by atoms with Crippen LogP contribution in [-0.4, -0.2) is 32.8 Å². The molecule has 0 radical (unpaired) electrons. The highest BCUT2D eigenvalue weighted by Crippen LogP contribution is 2.32. The van der Waals surface area contributed by atoms with Crippen LogP contribution in [0.15, 0.2) is 30.9 Å². The van der Waals surface area contributed by atoms with Crippen LogP contribution in [0.5, 0.6) is 0 Å². The third-order valence-corrected chi connectivity index (χ3v) is 4.94. The molecule has 2 bridgehead atoms. The van der Waals surface area contributed by atoms with Crippen molar-refractivity contribution in [1.82, 2.24) is 20.1 Å². The van der Waals surface area contributed by atoms with Crippen molar-refractivity contribution in [2.45, 2.75) is 44.2 Å². The highest BCUT2D eigenvalue weighted by Gasteiger charge is 2.34. The molecular formula is C17H21ClFN5O. The Labute approximate surface area is 151 Å². The Morgan fingerprint density at radius 3 is 2.72 bits per heavy atom. The minimum absolute atomic E-state index is 0. The van der Waals surface area contributed by atoms with Gasteiger partial charge in [0.15, 0.2) is 5.82 Å². The molecule has 2 N–H and O–H groups in total. The van der Waals surface area contributed by atoms with Gasteiger partial charge in [-0.25, -0.2) is 14.1 Å². The molecule has 134 valence electrons. The fraction of sp³-hybridized carbons (Fsp3) is 0.471. The summed E-state index contributed by atoms with van der Waals surface area (Å²) >= 11 is 0. The van der Waals surface area contributed by atoms with Gasteiger partial charge in [-0.3, -0.25) is 4.79 Å². The number of anilines is 1. The normalized spacial score (nSPS) is 24.6. The quantitative estimate of drug-likeness (QED) is 0.873. The molecule has 0 aliphatic carbocycles. The minimum atomic E-state index is -0.446. The fourth-order valence-corrected chi connectivity index (χ4v) is 3.92. The smallest absolute Gasteiger partial charge is 0.224 e. The molecule has 2 saturated heterocycles. The van der Waals surface area contributed by atoms with Crippen molar-refractivity contribution < 1.29 is 9.18 Å². The van der Waals surface area contributed by atoms with Crippen LogP contribution >= 0.6 is 12.4 Å². The number of piperidine rings is 1. The summed E-state index contributed by atoms with van der Waals surface area (Å²) in [5.74, 6) is -0.0737. The predicted molar refractivity (Wildman–Crippen MR) is 94.5 cm³/mol. The fourth-order valence-electron chi connectivity index (χ4n) is 3.92. The molecule has 2 unspecified atom stereocenters. The molecule has 6 nitrogen and oxygen atoms in total. The largest absolute Gasteiger partial charge is 0.326 e. The monoisotopic (exact) mass is 365 g/mol. The lowest BCUT2D eigenvalue weighted by Crippen LogP contribution is -2.39. The Kier molecular flexibility index (Phi) is 5.34. The first-order chi connectivity index (χ1) is 11.7. The number of rotatable bonds is 4. The Morgan fingerprint density at radius 2 is 2.08 bits per heavy atom.